The predicted octanol–water partition coefficient (Wildman–Crippen LogP) is 7.69. The summed E-state index contributed by atoms with van der Waals surface area (Å²) >= 11 is 7.76. The first-order valence-corrected chi connectivity index (χ1v) is 17.1. The molecule has 1 fully saturated rings. The fraction of sp³-hybridized carbons (Fsp3) is 0.419. The molecule has 43 heavy (non-hydrogen) atoms. The lowest BCUT2D eigenvalue weighted by atomic mass is 9.83. The van der Waals surface area contributed by atoms with Gasteiger partial charge in [-0.25, -0.2) is 18.0 Å². The number of likely N-dealkylation sites (N-methyl/N-ethyl adjacent to an activating group) is 1. The molecule has 0 spiro atoms. The standard InChI is InChI=1S/C31H36ClN3O6S2/c1-19(2)18-41-31(38)33-24-16-27(42-29(24)30(36)37)22-14-28-25(15-23(22)32)35(21-12-8-5-9-13-21)17-26(34(3)43(28,39)40)20-10-6-4-7-11-20/h5,8-9,12-16,19-20,26H,4,6-7,10-11,17-18H2,1-3H3,(H,33,38)(H,36,37)/t26-/m0/s1. The number of nitrogens with zero attached hydrogens (tertiary/aromatic N) is 2. The van der Waals surface area contributed by atoms with Gasteiger partial charge in [0.05, 0.1) is 23.0 Å². The summed E-state index contributed by atoms with van der Waals surface area (Å²) in [6, 6.07) is 14.1. The van der Waals surface area contributed by atoms with Crippen LogP contribution in [-0.2, 0) is 14.8 Å². The Morgan fingerprint density at radius 2 is 1.81 bits per heavy atom. The molecule has 3 aromatic rings. The van der Waals surface area contributed by atoms with Gasteiger partial charge in [0.2, 0.25) is 10.0 Å². The Bertz CT molecular complexity index is 1600. The highest BCUT2D eigenvalue weighted by Gasteiger charge is 2.41. The lowest BCUT2D eigenvalue weighted by molar-refractivity contribution is 0.0703. The Morgan fingerprint density at radius 3 is 2.47 bits per heavy atom. The van der Waals surface area contributed by atoms with Crippen LogP contribution in [0.25, 0.3) is 10.4 Å². The number of amides is 1. The minimum Gasteiger partial charge on any atom is -0.477 e. The Labute approximate surface area is 261 Å². The van der Waals surface area contributed by atoms with E-state index < -0.39 is 22.1 Å². The van der Waals surface area contributed by atoms with E-state index in [-0.39, 0.29) is 45.0 Å². The molecule has 1 amide bonds. The number of carboxylic acid groups (broad SMARTS) is 1. The molecule has 230 valence electrons. The minimum absolute atomic E-state index is 0.0514. The van der Waals surface area contributed by atoms with Crippen molar-refractivity contribution in [3.8, 4) is 10.4 Å². The van der Waals surface area contributed by atoms with Crippen molar-refractivity contribution in [2.45, 2.75) is 56.9 Å². The zero-order valence-electron chi connectivity index (χ0n) is 24.4. The van der Waals surface area contributed by atoms with Crippen LogP contribution >= 0.6 is 22.9 Å². The van der Waals surface area contributed by atoms with Crippen LogP contribution in [0.3, 0.4) is 0 Å². The third-order valence-electron chi connectivity index (χ3n) is 8.07. The van der Waals surface area contributed by atoms with E-state index in [4.69, 9.17) is 16.3 Å². The topological polar surface area (TPSA) is 116 Å². The van der Waals surface area contributed by atoms with Gasteiger partial charge in [0.25, 0.3) is 0 Å². The summed E-state index contributed by atoms with van der Waals surface area (Å²) in [5, 5.41) is 12.6. The zero-order chi connectivity index (χ0) is 30.9. The van der Waals surface area contributed by atoms with Crippen LogP contribution in [-0.4, -0.2) is 56.1 Å². The maximum Gasteiger partial charge on any atom is 0.411 e. The molecule has 2 aromatic carbocycles. The Morgan fingerprint density at radius 1 is 1.12 bits per heavy atom. The maximum absolute atomic E-state index is 14.3. The number of carbonyl (C=O) groups is 2. The van der Waals surface area contributed by atoms with E-state index in [0.717, 1.165) is 49.1 Å². The van der Waals surface area contributed by atoms with E-state index in [1.54, 1.807) is 13.1 Å². The summed E-state index contributed by atoms with van der Waals surface area (Å²) in [6.45, 7) is 4.43. The number of fused-ring (bicyclic) bond motifs is 1. The van der Waals surface area contributed by atoms with Gasteiger partial charge in [-0.15, -0.1) is 11.3 Å². The van der Waals surface area contributed by atoms with Crippen LogP contribution in [0, 0.1) is 11.8 Å². The molecule has 1 saturated carbocycles. The van der Waals surface area contributed by atoms with Crippen molar-refractivity contribution in [2.75, 3.05) is 30.4 Å². The fourth-order valence-electron chi connectivity index (χ4n) is 5.86. The van der Waals surface area contributed by atoms with Crippen molar-refractivity contribution in [3.63, 3.8) is 0 Å². The molecule has 2 heterocycles. The number of carboxylic acids is 1. The summed E-state index contributed by atoms with van der Waals surface area (Å²) < 4.78 is 35.3. The number of hydrogen-bond acceptors (Lipinski definition) is 7. The first-order valence-electron chi connectivity index (χ1n) is 14.4. The van der Waals surface area contributed by atoms with Crippen LogP contribution in [0.4, 0.5) is 21.9 Å². The van der Waals surface area contributed by atoms with Gasteiger partial charge < -0.3 is 14.7 Å². The summed E-state index contributed by atoms with van der Waals surface area (Å²) in [4.78, 5) is 26.8. The summed E-state index contributed by atoms with van der Waals surface area (Å²) in [5.41, 5.74) is 1.73. The van der Waals surface area contributed by atoms with Crippen molar-refractivity contribution >= 4 is 62.1 Å². The number of ether oxygens (including phenoxy) is 1. The highest BCUT2D eigenvalue weighted by Crippen LogP contribution is 2.46. The van der Waals surface area contributed by atoms with Crippen LogP contribution in [0.15, 0.2) is 53.4 Å². The number of para-hydroxylation sites is 1. The fourth-order valence-corrected chi connectivity index (χ4v) is 8.77. The van der Waals surface area contributed by atoms with Crippen LogP contribution in [0.2, 0.25) is 5.02 Å². The molecule has 1 aliphatic heterocycles. The Hall–Kier alpha value is -3.12. The van der Waals surface area contributed by atoms with Gasteiger partial charge in [-0.1, -0.05) is 62.9 Å². The van der Waals surface area contributed by atoms with Gasteiger partial charge in [0.1, 0.15) is 9.77 Å². The summed E-state index contributed by atoms with van der Waals surface area (Å²) in [7, 11) is -2.31. The summed E-state index contributed by atoms with van der Waals surface area (Å²) in [6.07, 6.45) is 4.48. The minimum atomic E-state index is -3.97. The number of hydrogen-bond donors (Lipinski definition) is 2. The number of sulfonamides is 1. The Kier molecular flexibility index (Phi) is 9.36. The number of benzene rings is 2. The highest BCUT2D eigenvalue weighted by atomic mass is 35.5. The monoisotopic (exact) mass is 645 g/mol. The number of aromatic carboxylic acids is 1. The molecular formula is C31H36ClN3O6S2. The predicted molar refractivity (Wildman–Crippen MR) is 170 cm³/mol. The van der Waals surface area contributed by atoms with E-state index >= 15 is 0 Å². The van der Waals surface area contributed by atoms with E-state index in [0.29, 0.717) is 22.7 Å². The lowest BCUT2D eigenvalue weighted by Gasteiger charge is -2.36. The number of nitrogens with one attached hydrogen (secondary N) is 1. The molecule has 1 aromatic heterocycles. The van der Waals surface area contributed by atoms with E-state index in [2.05, 4.69) is 5.32 Å². The molecule has 5 rings (SSSR count). The maximum atomic E-state index is 14.3. The van der Waals surface area contributed by atoms with Crippen LogP contribution in [0.1, 0.15) is 55.6 Å². The molecule has 12 heteroatoms. The molecule has 0 bridgehead atoms. The molecule has 0 saturated heterocycles. The van der Waals surface area contributed by atoms with Gasteiger partial charge in [-0.3, -0.25) is 5.32 Å². The Balaban J connectivity index is 1.61. The normalized spacial score (nSPS) is 19.1. The third-order valence-corrected chi connectivity index (χ3v) is 11.5. The van der Waals surface area contributed by atoms with Gasteiger partial charge >= 0.3 is 12.1 Å². The second-order valence-corrected chi connectivity index (χ2v) is 14.9. The molecule has 0 unspecified atom stereocenters. The number of thiophene rings is 1. The highest BCUT2D eigenvalue weighted by molar-refractivity contribution is 7.89. The smallest absolute Gasteiger partial charge is 0.411 e. The van der Waals surface area contributed by atoms with Gasteiger partial charge in [0, 0.05) is 35.8 Å². The van der Waals surface area contributed by atoms with Crippen molar-refractivity contribution in [1.82, 2.24) is 4.31 Å². The van der Waals surface area contributed by atoms with Crippen molar-refractivity contribution in [3.05, 3.63) is 58.4 Å². The second kappa shape index (κ2) is 12.9. The zero-order valence-corrected chi connectivity index (χ0v) is 26.8. The average Bonchev–Trinajstić information content (AvgIpc) is 3.37. The lowest BCUT2D eigenvalue weighted by Crippen LogP contribution is -2.46. The molecule has 1 atom stereocenters. The number of anilines is 3. The van der Waals surface area contributed by atoms with Gasteiger partial charge in [-0.05, 0) is 55.0 Å². The van der Waals surface area contributed by atoms with Crippen molar-refractivity contribution in [1.29, 1.82) is 0 Å². The van der Waals surface area contributed by atoms with E-state index in [9.17, 15) is 23.1 Å². The van der Waals surface area contributed by atoms with Crippen molar-refractivity contribution in [2.24, 2.45) is 11.8 Å². The van der Waals surface area contributed by atoms with Crippen molar-refractivity contribution < 1.29 is 27.9 Å². The molecule has 0 radical (unpaired) electrons. The first kappa shape index (κ1) is 31.3. The second-order valence-electron chi connectivity index (χ2n) is 11.5. The molecular weight excluding hydrogens is 610 g/mol. The largest absolute Gasteiger partial charge is 0.477 e. The quantitative estimate of drug-likeness (QED) is 0.270. The SMILES string of the molecule is CC(C)COC(=O)Nc1cc(-c2cc3c(cc2Cl)N(c2ccccc2)C[C@@H](C2CCCCC2)N(C)S3(=O)=O)sc1C(=O)O. The molecule has 2 N–H and O–H groups in total. The number of carbonyl (C=O) groups excluding carboxylic acids is 1. The summed E-state index contributed by atoms with van der Waals surface area (Å²) in [5.74, 6) is -0.905. The number of rotatable bonds is 7. The van der Waals surface area contributed by atoms with Gasteiger partial charge in [0.15, 0.2) is 0 Å². The van der Waals surface area contributed by atoms with E-state index in [1.165, 1.54) is 16.4 Å². The molecule has 2 aliphatic rings. The van der Waals surface area contributed by atoms with E-state index in [1.807, 2.05) is 49.1 Å². The molecule has 1 aliphatic carbocycles. The van der Waals surface area contributed by atoms with Crippen LogP contribution in [0.5, 0.6) is 0 Å². The number of halogens is 1. The first-order chi connectivity index (χ1) is 20.5. The van der Waals surface area contributed by atoms with Gasteiger partial charge in [-0.2, -0.15) is 4.31 Å². The third kappa shape index (κ3) is 6.55. The average molecular weight is 646 g/mol. The van der Waals surface area contributed by atoms with Crippen LogP contribution < -0.4 is 10.2 Å². The molecule has 9 nitrogen and oxygen atoms in total.